The fourth-order valence-electron chi connectivity index (χ4n) is 1.66. The maximum absolute atomic E-state index is 5.24. The predicted octanol–water partition coefficient (Wildman–Crippen LogP) is 3.56. The van der Waals surface area contributed by atoms with Gasteiger partial charge < -0.3 is 10.1 Å². The maximum atomic E-state index is 5.24. The van der Waals surface area contributed by atoms with Gasteiger partial charge in [0.25, 0.3) is 0 Å². The molecule has 2 rings (SSSR count). The third kappa shape index (κ3) is 2.58. The Morgan fingerprint density at radius 1 is 1.41 bits per heavy atom. The monoisotopic (exact) mass is 248 g/mol. The molecule has 0 aliphatic rings. The normalized spacial score (nSPS) is 10.3. The molecule has 17 heavy (non-hydrogen) atoms. The van der Waals surface area contributed by atoms with Gasteiger partial charge in [0.1, 0.15) is 5.75 Å². The van der Waals surface area contributed by atoms with Gasteiger partial charge >= 0.3 is 0 Å². The molecule has 4 heteroatoms. The van der Waals surface area contributed by atoms with E-state index in [0.29, 0.717) is 0 Å². The molecule has 1 heterocycles. The standard InChI is InChI=1S/C13H16N2OS/c1-4-14-13-15-9(2)12(17-13)10-6-5-7-11(8-10)16-3/h5-8H,4H2,1-3H3,(H,14,15). The van der Waals surface area contributed by atoms with E-state index in [-0.39, 0.29) is 0 Å². The molecule has 0 saturated carbocycles. The van der Waals surface area contributed by atoms with Crippen LogP contribution in [0.3, 0.4) is 0 Å². The van der Waals surface area contributed by atoms with E-state index in [4.69, 9.17) is 4.74 Å². The zero-order chi connectivity index (χ0) is 12.3. The first-order chi connectivity index (χ1) is 8.24. The molecule has 0 saturated heterocycles. The highest BCUT2D eigenvalue weighted by Crippen LogP contribution is 2.34. The van der Waals surface area contributed by atoms with E-state index >= 15 is 0 Å². The van der Waals surface area contributed by atoms with E-state index in [1.54, 1.807) is 18.4 Å². The molecule has 2 aromatic rings. The number of thiazole rings is 1. The number of hydrogen-bond acceptors (Lipinski definition) is 4. The van der Waals surface area contributed by atoms with Gasteiger partial charge in [-0.2, -0.15) is 0 Å². The number of ether oxygens (including phenoxy) is 1. The summed E-state index contributed by atoms with van der Waals surface area (Å²) in [6.45, 7) is 5.00. The Morgan fingerprint density at radius 2 is 2.24 bits per heavy atom. The lowest BCUT2D eigenvalue weighted by Gasteiger charge is -2.02. The molecule has 1 N–H and O–H groups in total. The molecule has 0 radical (unpaired) electrons. The molecule has 0 fully saturated rings. The van der Waals surface area contributed by atoms with Crippen LogP contribution in [0.4, 0.5) is 5.13 Å². The number of hydrogen-bond donors (Lipinski definition) is 1. The van der Waals surface area contributed by atoms with E-state index in [9.17, 15) is 0 Å². The maximum Gasteiger partial charge on any atom is 0.183 e. The van der Waals surface area contributed by atoms with Gasteiger partial charge in [-0.1, -0.05) is 23.5 Å². The molecule has 1 aromatic carbocycles. The number of methoxy groups -OCH3 is 1. The van der Waals surface area contributed by atoms with Crippen molar-refractivity contribution in [2.24, 2.45) is 0 Å². The summed E-state index contributed by atoms with van der Waals surface area (Å²) < 4.78 is 5.24. The van der Waals surface area contributed by atoms with E-state index < -0.39 is 0 Å². The van der Waals surface area contributed by atoms with Gasteiger partial charge in [-0.15, -0.1) is 0 Å². The van der Waals surface area contributed by atoms with Crippen LogP contribution in [0.15, 0.2) is 24.3 Å². The number of nitrogens with one attached hydrogen (secondary N) is 1. The smallest absolute Gasteiger partial charge is 0.183 e. The van der Waals surface area contributed by atoms with Crippen LogP contribution in [0.5, 0.6) is 5.75 Å². The molecule has 90 valence electrons. The van der Waals surface area contributed by atoms with Gasteiger partial charge in [-0.3, -0.25) is 0 Å². The fraction of sp³-hybridized carbons (Fsp3) is 0.308. The number of benzene rings is 1. The number of nitrogens with zero attached hydrogens (tertiary/aromatic N) is 1. The second-order valence-corrected chi connectivity index (χ2v) is 4.69. The van der Waals surface area contributed by atoms with E-state index in [0.717, 1.165) is 28.7 Å². The average Bonchev–Trinajstić information content (AvgIpc) is 2.71. The number of aryl methyl sites for hydroxylation is 1. The molecule has 0 aliphatic carbocycles. The summed E-state index contributed by atoms with van der Waals surface area (Å²) in [6.07, 6.45) is 0. The molecular formula is C13H16N2OS. The molecule has 0 atom stereocenters. The van der Waals surface area contributed by atoms with Gasteiger partial charge in [-0.05, 0) is 31.5 Å². The molecule has 1 aromatic heterocycles. The van der Waals surface area contributed by atoms with E-state index in [1.165, 1.54) is 4.88 Å². The largest absolute Gasteiger partial charge is 0.497 e. The third-order valence-corrected chi connectivity index (χ3v) is 3.62. The molecule has 3 nitrogen and oxygen atoms in total. The molecule has 0 unspecified atom stereocenters. The summed E-state index contributed by atoms with van der Waals surface area (Å²) in [6, 6.07) is 8.07. The summed E-state index contributed by atoms with van der Waals surface area (Å²) in [5.74, 6) is 0.875. The van der Waals surface area contributed by atoms with Crippen molar-refractivity contribution < 1.29 is 4.74 Å². The van der Waals surface area contributed by atoms with Gasteiger partial charge in [0.15, 0.2) is 5.13 Å². The summed E-state index contributed by atoms with van der Waals surface area (Å²) in [7, 11) is 1.68. The van der Waals surface area contributed by atoms with Crippen LogP contribution in [0.2, 0.25) is 0 Å². The summed E-state index contributed by atoms with van der Waals surface area (Å²) >= 11 is 1.68. The van der Waals surface area contributed by atoms with Crippen molar-refractivity contribution in [1.82, 2.24) is 4.98 Å². The zero-order valence-corrected chi connectivity index (χ0v) is 11.1. The lowest BCUT2D eigenvalue weighted by molar-refractivity contribution is 0.415. The van der Waals surface area contributed by atoms with Crippen molar-refractivity contribution in [2.75, 3.05) is 19.0 Å². The third-order valence-electron chi connectivity index (χ3n) is 2.46. The summed E-state index contributed by atoms with van der Waals surface area (Å²) in [4.78, 5) is 5.69. The van der Waals surface area contributed by atoms with Crippen LogP contribution in [-0.4, -0.2) is 18.6 Å². The second-order valence-electron chi connectivity index (χ2n) is 3.70. The van der Waals surface area contributed by atoms with E-state index in [2.05, 4.69) is 23.3 Å². The quantitative estimate of drug-likeness (QED) is 0.898. The van der Waals surface area contributed by atoms with Crippen LogP contribution < -0.4 is 10.1 Å². The van der Waals surface area contributed by atoms with Crippen molar-refractivity contribution in [2.45, 2.75) is 13.8 Å². The lowest BCUT2D eigenvalue weighted by atomic mass is 10.1. The Bertz CT molecular complexity index is 508. The number of aromatic nitrogens is 1. The van der Waals surface area contributed by atoms with Crippen LogP contribution >= 0.6 is 11.3 Å². The molecule has 0 aliphatic heterocycles. The van der Waals surface area contributed by atoms with Crippen molar-refractivity contribution in [3.05, 3.63) is 30.0 Å². The minimum Gasteiger partial charge on any atom is -0.497 e. The Labute approximate surface area is 105 Å². The van der Waals surface area contributed by atoms with Gasteiger partial charge in [0.05, 0.1) is 17.7 Å². The Kier molecular flexibility index (Phi) is 3.64. The van der Waals surface area contributed by atoms with Gasteiger partial charge in [-0.25, -0.2) is 4.98 Å². The van der Waals surface area contributed by atoms with Crippen LogP contribution in [0.1, 0.15) is 12.6 Å². The Balaban J connectivity index is 2.37. The topological polar surface area (TPSA) is 34.2 Å². The molecule has 0 bridgehead atoms. The predicted molar refractivity (Wildman–Crippen MR) is 73.0 cm³/mol. The summed E-state index contributed by atoms with van der Waals surface area (Å²) in [5, 5.41) is 4.22. The minimum absolute atomic E-state index is 0.875. The zero-order valence-electron chi connectivity index (χ0n) is 10.3. The number of rotatable bonds is 4. The summed E-state index contributed by atoms with van der Waals surface area (Å²) in [5.41, 5.74) is 2.21. The highest BCUT2D eigenvalue weighted by atomic mass is 32.1. The van der Waals surface area contributed by atoms with E-state index in [1.807, 2.05) is 25.1 Å². The lowest BCUT2D eigenvalue weighted by Crippen LogP contribution is -1.94. The minimum atomic E-state index is 0.875. The van der Waals surface area contributed by atoms with Crippen LogP contribution in [0.25, 0.3) is 10.4 Å². The van der Waals surface area contributed by atoms with Crippen molar-refractivity contribution in [1.29, 1.82) is 0 Å². The second kappa shape index (κ2) is 5.19. The highest BCUT2D eigenvalue weighted by molar-refractivity contribution is 7.19. The SMILES string of the molecule is CCNc1nc(C)c(-c2cccc(OC)c2)s1. The first kappa shape index (κ1) is 11.9. The van der Waals surface area contributed by atoms with Gasteiger partial charge in [0, 0.05) is 6.54 Å². The molecule has 0 amide bonds. The Morgan fingerprint density at radius 3 is 2.94 bits per heavy atom. The molecule has 0 spiro atoms. The fourth-order valence-corrected chi connectivity index (χ4v) is 2.69. The Hall–Kier alpha value is -1.55. The average molecular weight is 248 g/mol. The first-order valence-electron chi connectivity index (χ1n) is 5.60. The first-order valence-corrected chi connectivity index (χ1v) is 6.42. The van der Waals surface area contributed by atoms with Crippen molar-refractivity contribution in [3.8, 4) is 16.2 Å². The molecular weight excluding hydrogens is 232 g/mol. The van der Waals surface area contributed by atoms with Crippen molar-refractivity contribution in [3.63, 3.8) is 0 Å². The van der Waals surface area contributed by atoms with Crippen LogP contribution in [-0.2, 0) is 0 Å². The van der Waals surface area contributed by atoms with Crippen molar-refractivity contribution >= 4 is 16.5 Å². The van der Waals surface area contributed by atoms with Gasteiger partial charge in [0.2, 0.25) is 0 Å². The van der Waals surface area contributed by atoms with Crippen LogP contribution in [0, 0.1) is 6.92 Å². The number of anilines is 1. The highest BCUT2D eigenvalue weighted by Gasteiger charge is 2.09.